The summed E-state index contributed by atoms with van der Waals surface area (Å²) in [5.74, 6) is -0.218. The lowest BCUT2D eigenvalue weighted by Crippen LogP contribution is -2.26. The molecule has 3 aromatic rings. The molecule has 0 spiro atoms. The van der Waals surface area contributed by atoms with E-state index in [1.807, 2.05) is 47.4 Å². The zero-order valence-corrected chi connectivity index (χ0v) is 15.0. The molecule has 1 saturated heterocycles. The van der Waals surface area contributed by atoms with Crippen molar-refractivity contribution in [1.82, 2.24) is 30.1 Å². The van der Waals surface area contributed by atoms with Gasteiger partial charge >= 0.3 is 0 Å². The van der Waals surface area contributed by atoms with E-state index in [0.717, 1.165) is 30.7 Å². The van der Waals surface area contributed by atoms with Gasteiger partial charge in [-0.15, -0.1) is 5.10 Å². The molecule has 0 radical (unpaired) electrons. The Labute approximate surface area is 157 Å². The predicted octanol–water partition coefficient (Wildman–Crippen LogP) is 1.62. The van der Waals surface area contributed by atoms with Gasteiger partial charge in [0, 0.05) is 19.3 Å². The molecular weight excluding hydrogens is 344 g/mol. The first-order chi connectivity index (χ1) is 13.3. The van der Waals surface area contributed by atoms with Crippen molar-refractivity contribution in [3.8, 4) is 5.69 Å². The van der Waals surface area contributed by atoms with Crippen molar-refractivity contribution in [2.24, 2.45) is 0 Å². The summed E-state index contributed by atoms with van der Waals surface area (Å²) in [4.78, 5) is 12.2. The van der Waals surface area contributed by atoms with E-state index in [9.17, 15) is 4.79 Å². The molecule has 0 saturated carbocycles. The molecule has 1 aromatic carbocycles. The minimum atomic E-state index is -0.218. The summed E-state index contributed by atoms with van der Waals surface area (Å²) in [6.07, 6.45) is 8.43. The SMILES string of the molecule is O=C(NCCc1cnn(-c2ccccc2)c1)c1cn(CC2CCCO2)nn1. The van der Waals surface area contributed by atoms with E-state index in [0.29, 0.717) is 25.2 Å². The molecule has 3 heterocycles. The summed E-state index contributed by atoms with van der Waals surface area (Å²) in [6, 6.07) is 9.92. The number of hydrogen-bond donors (Lipinski definition) is 1. The zero-order valence-electron chi connectivity index (χ0n) is 15.0. The molecule has 8 heteroatoms. The number of carbonyl (C=O) groups is 1. The maximum atomic E-state index is 12.2. The first-order valence-electron chi connectivity index (χ1n) is 9.17. The Morgan fingerprint density at radius 3 is 2.96 bits per heavy atom. The van der Waals surface area contributed by atoms with Crippen LogP contribution in [0.4, 0.5) is 0 Å². The molecule has 140 valence electrons. The van der Waals surface area contributed by atoms with Crippen LogP contribution in [0.2, 0.25) is 0 Å². The lowest BCUT2D eigenvalue weighted by Gasteiger charge is -2.07. The fourth-order valence-electron chi connectivity index (χ4n) is 3.11. The van der Waals surface area contributed by atoms with Crippen LogP contribution in [-0.2, 0) is 17.7 Å². The van der Waals surface area contributed by atoms with Crippen molar-refractivity contribution >= 4 is 5.91 Å². The Morgan fingerprint density at radius 2 is 2.15 bits per heavy atom. The van der Waals surface area contributed by atoms with Crippen molar-refractivity contribution in [1.29, 1.82) is 0 Å². The monoisotopic (exact) mass is 366 g/mol. The highest BCUT2D eigenvalue weighted by Crippen LogP contribution is 2.13. The van der Waals surface area contributed by atoms with Gasteiger partial charge in [0.05, 0.1) is 30.7 Å². The standard InChI is InChI=1S/C19H22N6O2/c26-19(18-14-24(23-22-18)13-17-7-4-10-27-17)20-9-8-15-11-21-25(12-15)16-5-2-1-3-6-16/h1-3,5-6,11-12,14,17H,4,7-10,13H2,(H,20,26). The number of aromatic nitrogens is 5. The van der Waals surface area contributed by atoms with Crippen molar-refractivity contribution in [2.75, 3.05) is 13.2 Å². The summed E-state index contributed by atoms with van der Waals surface area (Å²) < 4.78 is 9.08. The van der Waals surface area contributed by atoms with E-state index in [4.69, 9.17) is 4.74 Å². The molecule has 27 heavy (non-hydrogen) atoms. The van der Waals surface area contributed by atoms with Crippen LogP contribution in [0.3, 0.4) is 0 Å². The fraction of sp³-hybridized carbons (Fsp3) is 0.368. The van der Waals surface area contributed by atoms with Crippen molar-refractivity contribution < 1.29 is 9.53 Å². The molecule has 1 amide bonds. The molecule has 0 bridgehead atoms. The average molecular weight is 366 g/mol. The Balaban J connectivity index is 1.26. The number of rotatable bonds is 7. The Kier molecular flexibility index (Phi) is 5.24. The molecule has 8 nitrogen and oxygen atoms in total. The Bertz CT molecular complexity index is 883. The Hall–Kier alpha value is -3.00. The zero-order chi connectivity index (χ0) is 18.5. The summed E-state index contributed by atoms with van der Waals surface area (Å²) >= 11 is 0. The van der Waals surface area contributed by atoms with Crippen LogP contribution < -0.4 is 5.32 Å². The third kappa shape index (κ3) is 4.40. The third-order valence-corrected chi connectivity index (χ3v) is 4.54. The van der Waals surface area contributed by atoms with Gasteiger partial charge in [0.25, 0.3) is 5.91 Å². The number of carbonyl (C=O) groups excluding carboxylic acids is 1. The van der Waals surface area contributed by atoms with Crippen LogP contribution in [0.15, 0.2) is 48.9 Å². The molecular formula is C19H22N6O2. The number of ether oxygens (including phenoxy) is 1. The first kappa shape index (κ1) is 17.4. The van der Waals surface area contributed by atoms with Crippen LogP contribution >= 0.6 is 0 Å². The van der Waals surface area contributed by atoms with Gasteiger partial charge in [-0.2, -0.15) is 5.10 Å². The van der Waals surface area contributed by atoms with Gasteiger partial charge < -0.3 is 10.1 Å². The third-order valence-electron chi connectivity index (χ3n) is 4.54. The summed E-state index contributed by atoms with van der Waals surface area (Å²) in [5, 5.41) is 15.2. The van der Waals surface area contributed by atoms with Crippen LogP contribution in [0.5, 0.6) is 0 Å². The van der Waals surface area contributed by atoms with E-state index in [1.165, 1.54) is 0 Å². The second kappa shape index (κ2) is 8.13. The van der Waals surface area contributed by atoms with Crippen LogP contribution in [-0.4, -0.2) is 49.9 Å². The Morgan fingerprint density at radius 1 is 1.26 bits per heavy atom. The maximum absolute atomic E-state index is 12.2. The van der Waals surface area contributed by atoms with Gasteiger partial charge in [-0.05, 0) is 37.0 Å². The van der Waals surface area contributed by atoms with E-state index in [1.54, 1.807) is 10.9 Å². The fourth-order valence-corrected chi connectivity index (χ4v) is 3.11. The lowest BCUT2D eigenvalue weighted by atomic mass is 10.2. The highest BCUT2D eigenvalue weighted by atomic mass is 16.5. The largest absolute Gasteiger partial charge is 0.376 e. The van der Waals surface area contributed by atoms with Crippen LogP contribution in [0, 0.1) is 0 Å². The van der Waals surface area contributed by atoms with Crippen molar-refractivity contribution in [2.45, 2.75) is 31.9 Å². The van der Waals surface area contributed by atoms with Gasteiger partial charge in [-0.25, -0.2) is 9.36 Å². The number of para-hydroxylation sites is 1. The quantitative estimate of drug-likeness (QED) is 0.687. The summed E-state index contributed by atoms with van der Waals surface area (Å²) in [5.41, 5.74) is 2.39. The average Bonchev–Trinajstić information content (AvgIpc) is 3.45. The highest BCUT2D eigenvalue weighted by molar-refractivity contribution is 5.91. The van der Waals surface area contributed by atoms with Crippen LogP contribution in [0.25, 0.3) is 5.69 Å². The molecule has 1 N–H and O–H groups in total. The molecule has 0 aliphatic carbocycles. The van der Waals surface area contributed by atoms with Crippen molar-refractivity contribution in [3.63, 3.8) is 0 Å². The second-order valence-electron chi connectivity index (χ2n) is 6.60. The lowest BCUT2D eigenvalue weighted by molar-refractivity contribution is 0.0930. The van der Waals surface area contributed by atoms with Gasteiger partial charge in [0.15, 0.2) is 5.69 Å². The van der Waals surface area contributed by atoms with Crippen molar-refractivity contribution in [3.05, 3.63) is 60.2 Å². The molecule has 4 rings (SSSR count). The molecule has 2 aromatic heterocycles. The molecule has 1 fully saturated rings. The second-order valence-corrected chi connectivity index (χ2v) is 6.60. The minimum absolute atomic E-state index is 0.170. The number of hydrogen-bond acceptors (Lipinski definition) is 5. The maximum Gasteiger partial charge on any atom is 0.273 e. The molecule has 1 unspecified atom stereocenters. The van der Waals surface area contributed by atoms with E-state index in [-0.39, 0.29) is 12.0 Å². The minimum Gasteiger partial charge on any atom is -0.376 e. The predicted molar refractivity (Wildman–Crippen MR) is 98.6 cm³/mol. The molecule has 1 aliphatic rings. The molecule has 1 atom stereocenters. The number of benzene rings is 1. The van der Waals surface area contributed by atoms with Crippen LogP contribution in [0.1, 0.15) is 28.9 Å². The first-order valence-corrected chi connectivity index (χ1v) is 9.17. The van der Waals surface area contributed by atoms with Gasteiger partial charge in [-0.1, -0.05) is 23.4 Å². The number of nitrogens with zero attached hydrogens (tertiary/aromatic N) is 5. The van der Waals surface area contributed by atoms with Gasteiger partial charge in [0.1, 0.15) is 0 Å². The summed E-state index contributed by atoms with van der Waals surface area (Å²) in [7, 11) is 0. The van der Waals surface area contributed by atoms with E-state index >= 15 is 0 Å². The van der Waals surface area contributed by atoms with E-state index < -0.39 is 0 Å². The number of amides is 1. The molecule has 1 aliphatic heterocycles. The van der Waals surface area contributed by atoms with Gasteiger partial charge in [-0.3, -0.25) is 4.79 Å². The van der Waals surface area contributed by atoms with Gasteiger partial charge in [0.2, 0.25) is 0 Å². The number of nitrogens with one attached hydrogen (secondary N) is 1. The topological polar surface area (TPSA) is 86.9 Å². The normalized spacial score (nSPS) is 16.5. The van der Waals surface area contributed by atoms with E-state index in [2.05, 4.69) is 20.7 Å². The summed E-state index contributed by atoms with van der Waals surface area (Å²) in [6.45, 7) is 1.95. The smallest absolute Gasteiger partial charge is 0.273 e. The highest BCUT2D eigenvalue weighted by Gasteiger charge is 2.18.